The molecule has 8 heteroatoms. The summed E-state index contributed by atoms with van der Waals surface area (Å²) in [5.74, 6) is -0.593. The highest BCUT2D eigenvalue weighted by Gasteiger charge is 2.31. The molecule has 0 saturated heterocycles. The molecule has 0 spiro atoms. The lowest BCUT2D eigenvalue weighted by atomic mass is 9.95. The minimum Gasteiger partial charge on any atom is -0.352 e. The number of hydrogen-bond acceptors (Lipinski definition) is 4. The largest absolute Gasteiger partial charge is 0.352 e. The zero-order valence-corrected chi connectivity index (χ0v) is 22.7. The topological polar surface area (TPSA) is 86.8 Å². The maximum Gasteiger partial charge on any atom is 0.244 e. The highest BCUT2D eigenvalue weighted by molar-refractivity contribution is 7.92. The van der Waals surface area contributed by atoms with Crippen LogP contribution in [0.25, 0.3) is 0 Å². The number of amides is 2. The summed E-state index contributed by atoms with van der Waals surface area (Å²) >= 11 is 0. The van der Waals surface area contributed by atoms with Crippen molar-refractivity contribution in [2.24, 2.45) is 0 Å². The number of hydrogen-bond donors (Lipinski definition) is 1. The van der Waals surface area contributed by atoms with Crippen molar-refractivity contribution in [2.45, 2.75) is 71.4 Å². The van der Waals surface area contributed by atoms with Crippen LogP contribution in [0.3, 0.4) is 0 Å². The molecule has 1 atom stereocenters. The van der Waals surface area contributed by atoms with Gasteiger partial charge in [-0.05, 0) is 62.8 Å². The molecule has 0 bridgehead atoms. The first kappa shape index (κ1) is 27.7. The van der Waals surface area contributed by atoms with Gasteiger partial charge in [0, 0.05) is 12.6 Å². The lowest BCUT2D eigenvalue weighted by Gasteiger charge is -2.33. The smallest absolute Gasteiger partial charge is 0.244 e. The minimum absolute atomic E-state index is 0.127. The average molecular weight is 514 g/mol. The number of anilines is 1. The zero-order chi connectivity index (χ0) is 26.3. The van der Waals surface area contributed by atoms with E-state index in [0.29, 0.717) is 18.7 Å². The van der Waals surface area contributed by atoms with Crippen molar-refractivity contribution >= 4 is 27.5 Å². The number of aryl methyl sites for hydroxylation is 1. The van der Waals surface area contributed by atoms with E-state index in [1.165, 1.54) is 11.3 Å². The van der Waals surface area contributed by atoms with Crippen LogP contribution in [0.4, 0.5) is 5.69 Å². The SMILES string of the molecule is Cc1cccc(N(CC(=O)N(CCc2ccccc2)C(C)C(=O)NC2CCCCC2)S(C)(=O)=O)c1C. The van der Waals surface area contributed by atoms with Crippen LogP contribution < -0.4 is 9.62 Å². The summed E-state index contributed by atoms with van der Waals surface area (Å²) in [5.41, 5.74) is 3.27. The van der Waals surface area contributed by atoms with Crippen LogP contribution in [-0.4, -0.2) is 56.6 Å². The predicted octanol–water partition coefficient (Wildman–Crippen LogP) is 3.98. The van der Waals surface area contributed by atoms with Gasteiger partial charge in [0.15, 0.2) is 0 Å². The third kappa shape index (κ3) is 7.32. The van der Waals surface area contributed by atoms with E-state index in [9.17, 15) is 18.0 Å². The van der Waals surface area contributed by atoms with Crippen molar-refractivity contribution in [3.05, 3.63) is 65.2 Å². The number of rotatable bonds is 10. The Balaban J connectivity index is 1.84. The third-order valence-electron chi connectivity index (χ3n) is 7.13. The Kier molecular flexibility index (Phi) is 9.54. The fraction of sp³-hybridized carbons (Fsp3) is 0.500. The van der Waals surface area contributed by atoms with E-state index >= 15 is 0 Å². The Morgan fingerprint density at radius 2 is 1.67 bits per heavy atom. The Morgan fingerprint density at radius 3 is 2.31 bits per heavy atom. The Bertz CT molecular complexity index is 1140. The molecule has 196 valence electrons. The van der Waals surface area contributed by atoms with Crippen LogP contribution in [0.15, 0.2) is 48.5 Å². The molecule has 0 heterocycles. The second-order valence-corrected chi connectivity index (χ2v) is 11.7. The normalized spacial score (nSPS) is 15.2. The average Bonchev–Trinajstić information content (AvgIpc) is 2.85. The molecule has 7 nitrogen and oxygen atoms in total. The fourth-order valence-electron chi connectivity index (χ4n) is 4.74. The quantitative estimate of drug-likeness (QED) is 0.521. The molecule has 1 N–H and O–H groups in total. The molecule has 36 heavy (non-hydrogen) atoms. The number of carbonyl (C=O) groups is 2. The van der Waals surface area contributed by atoms with Gasteiger partial charge in [0.2, 0.25) is 21.8 Å². The van der Waals surface area contributed by atoms with Gasteiger partial charge in [0.1, 0.15) is 12.6 Å². The monoisotopic (exact) mass is 513 g/mol. The number of sulfonamides is 1. The molecule has 3 rings (SSSR count). The molecule has 2 aromatic rings. The summed E-state index contributed by atoms with van der Waals surface area (Å²) in [6.07, 6.45) is 6.94. The first-order chi connectivity index (χ1) is 17.1. The summed E-state index contributed by atoms with van der Waals surface area (Å²) in [7, 11) is -3.74. The molecule has 1 unspecified atom stereocenters. The van der Waals surface area contributed by atoms with Crippen molar-refractivity contribution < 1.29 is 18.0 Å². The van der Waals surface area contributed by atoms with Crippen molar-refractivity contribution in [3.8, 4) is 0 Å². The maximum atomic E-state index is 13.7. The summed E-state index contributed by atoms with van der Waals surface area (Å²) in [5, 5.41) is 3.12. The lowest BCUT2D eigenvalue weighted by Crippen LogP contribution is -2.53. The lowest BCUT2D eigenvalue weighted by molar-refractivity contribution is -0.139. The summed E-state index contributed by atoms with van der Waals surface area (Å²) in [6, 6.07) is 14.6. The van der Waals surface area contributed by atoms with Gasteiger partial charge in [-0.3, -0.25) is 13.9 Å². The van der Waals surface area contributed by atoms with Crippen LogP contribution in [0.1, 0.15) is 55.7 Å². The van der Waals surface area contributed by atoms with E-state index in [1.807, 2.05) is 50.2 Å². The Hall–Kier alpha value is -2.87. The molecule has 0 radical (unpaired) electrons. The van der Waals surface area contributed by atoms with E-state index in [1.54, 1.807) is 19.1 Å². The summed E-state index contributed by atoms with van der Waals surface area (Å²) in [4.78, 5) is 28.4. The minimum atomic E-state index is -3.74. The van der Waals surface area contributed by atoms with Crippen LogP contribution in [0.2, 0.25) is 0 Å². The van der Waals surface area contributed by atoms with Gasteiger partial charge in [-0.25, -0.2) is 8.42 Å². The van der Waals surface area contributed by atoms with Gasteiger partial charge >= 0.3 is 0 Å². The van der Waals surface area contributed by atoms with Gasteiger partial charge in [-0.2, -0.15) is 0 Å². The number of nitrogens with zero attached hydrogens (tertiary/aromatic N) is 2. The predicted molar refractivity (Wildman–Crippen MR) is 144 cm³/mol. The molecular weight excluding hydrogens is 474 g/mol. The molecule has 2 aromatic carbocycles. The molecule has 1 saturated carbocycles. The van der Waals surface area contributed by atoms with Crippen molar-refractivity contribution in [1.82, 2.24) is 10.2 Å². The molecule has 1 aliphatic carbocycles. The molecule has 2 amide bonds. The Labute approximate surface area is 215 Å². The van der Waals surface area contributed by atoms with Crippen molar-refractivity contribution in [1.29, 1.82) is 0 Å². The zero-order valence-electron chi connectivity index (χ0n) is 21.9. The van der Waals surface area contributed by atoms with Crippen molar-refractivity contribution in [2.75, 3.05) is 23.7 Å². The highest BCUT2D eigenvalue weighted by Crippen LogP contribution is 2.25. The van der Waals surface area contributed by atoms with Crippen LogP contribution >= 0.6 is 0 Å². The second kappa shape index (κ2) is 12.4. The molecule has 0 aromatic heterocycles. The first-order valence-electron chi connectivity index (χ1n) is 12.8. The molecule has 0 aliphatic heterocycles. The van der Waals surface area contributed by atoms with Crippen LogP contribution in [0.5, 0.6) is 0 Å². The Morgan fingerprint density at radius 1 is 1.00 bits per heavy atom. The summed E-state index contributed by atoms with van der Waals surface area (Å²) < 4.78 is 26.7. The van der Waals surface area contributed by atoms with Gasteiger partial charge in [-0.15, -0.1) is 0 Å². The molecule has 1 fully saturated rings. The first-order valence-corrected chi connectivity index (χ1v) is 14.6. The van der Waals surface area contributed by atoms with E-state index in [-0.39, 0.29) is 18.5 Å². The standard InChI is InChI=1S/C28H39N3O4S/c1-21-12-11-17-26(22(21)2)31(36(4,34)35)20-27(32)30(19-18-24-13-7-5-8-14-24)23(3)28(33)29-25-15-9-6-10-16-25/h5,7-8,11-14,17,23,25H,6,9-10,15-16,18-20H2,1-4H3,(H,29,33). The van der Waals surface area contributed by atoms with Gasteiger partial charge in [0.05, 0.1) is 11.9 Å². The third-order valence-corrected chi connectivity index (χ3v) is 8.25. The van der Waals surface area contributed by atoms with Crippen molar-refractivity contribution in [3.63, 3.8) is 0 Å². The van der Waals surface area contributed by atoms with Crippen LogP contribution in [0, 0.1) is 13.8 Å². The van der Waals surface area contributed by atoms with Gasteiger partial charge in [-0.1, -0.05) is 61.7 Å². The molecular formula is C28H39N3O4S. The van der Waals surface area contributed by atoms with Gasteiger partial charge < -0.3 is 10.2 Å². The number of nitrogens with one attached hydrogen (secondary N) is 1. The van der Waals surface area contributed by atoms with E-state index in [0.717, 1.165) is 52.9 Å². The summed E-state index contributed by atoms with van der Waals surface area (Å²) in [6.45, 7) is 5.43. The fourth-order valence-corrected chi connectivity index (χ4v) is 5.64. The van der Waals surface area contributed by atoms with E-state index < -0.39 is 22.0 Å². The number of benzene rings is 2. The van der Waals surface area contributed by atoms with Gasteiger partial charge in [0.25, 0.3) is 0 Å². The maximum absolute atomic E-state index is 13.7. The van der Waals surface area contributed by atoms with E-state index in [2.05, 4.69) is 5.32 Å². The van der Waals surface area contributed by atoms with E-state index in [4.69, 9.17) is 0 Å². The molecule has 1 aliphatic rings. The highest BCUT2D eigenvalue weighted by atomic mass is 32.2. The number of carbonyl (C=O) groups excluding carboxylic acids is 2. The second-order valence-electron chi connectivity index (χ2n) is 9.83. The van der Waals surface area contributed by atoms with Crippen LogP contribution in [-0.2, 0) is 26.0 Å².